The first kappa shape index (κ1) is 20.4. The molecule has 0 radical (unpaired) electrons. The molecule has 0 spiro atoms. The van der Waals surface area contributed by atoms with Crippen LogP contribution in [0.2, 0.25) is 0 Å². The Labute approximate surface area is 172 Å². The Kier molecular flexibility index (Phi) is 6.05. The van der Waals surface area contributed by atoms with E-state index in [1.165, 1.54) is 0 Å². The maximum absolute atomic E-state index is 12.1. The number of para-hydroxylation sites is 1. The number of benzene rings is 1. The van der Waals surface area contributed by atoms with Gasteiger partial charge in [-0.15, -0.1) is 0 Å². The second kappa shape index (κ2) is 7.73. The van der Waals surface area contributed by atoms with Gasteiger partial charge in [0.05, 0.1) is 23.7 Å². The molecule has 1 saturated carbocycles. The van der Waals surface area contributed by atoms with E-state index < -0.39 is 35.0 Å². The molecule has 1 aromatic heterocycles. The van der Waals surface area contributed by atoms with E-state index in [1.807, 2.05) is 12.1 Å². The molecule has 1 aliphatic carbocycles. The number of aliphatic carboxylic acids is 1. The standard InChI is InChI=1S/C18H19N3O4.Na/c1-18(2)13(14(18)17(24)25)16(23)20-9-12(22)21-11-7-3-5-10-6-4-8-19-15(10)11;/h3-8,13-14H,9H2,1-2H3,(H,20,23)(H,21,22)(H,24,25);/q;+1/p-1/t13-,14+;/m1./s1. The zero-order valence-electron chi connectivity index (χ0n) is 14.9. The van der Waals surface area contributed by atoms with E-state index in [-0.39, 0.29) is 36.1 Å². The predicted octanol–water partition coefficient (Wildman–Crippen LogP) is -2.68. The Morgan fingerprint density at radius 3 is 2.50 bits per heavy atom. The van der Waals surface area contributed by atoms with E-state index in [9.17, 15) is 19.5 Å². The van der Waals surface area contributed by atoms with Crippen molar-refractivity contribution in [1.82, 2.24) is 10.3 Å². The van der Waals surface area contributed by atoms with Crippen LogP contribution in [0.5, 0.6) is 0 Å². The van der Waals surface area contributed by atoms with Crippen molar-refractivity contribution in [2.75, 3.05) is 11.9 Å². The van der Waals surface area contributed by atoms with Gasteiger partial charge in [0.2, 0.25) is 11.8 Å². The number of hydrogen-bond acceptors (Lipinski definition) is 5. The molecule has 1 aliphatic rings. The summed E-state index contributed by atoms with van der Waals surface area (Å²) < 4.78 is 0. The molecule has 1 aromatic carbocycles. The number of carbonyl (C=O) groups excluding carboxylic acids is 3. The van der Waals surface area contributed by atoms with Crippen LogP contribution in [0.3, 0.4) is 0 Å². The summed E-state index contributed by atoms with van der Waals surface area (Å²) in [5.41, 5.74) is 0.556. The minimum Gasteiger partial charge on any atom is -0.550 e. The second-order valence-electron chi connectivity index (χ2n) is 6.74. The van der Waals surface area contributed by atoms with Gasteiger partial charge < -0.3 is 20.5 Å². The van der Waals surface area contributed by atoms with Crippen molar-refractivity contribution < 1.29 is 49.0 Å². The summed E-state index contributed by atoms with van der Waals surface area (Å²) in [7, 11) is 0. The third-order valence-electron chi connectivity index (χ3n) is 4.69. The number of carbonyl (C=O) groups is 3. The number of fused-ring (bicyclic) bond motifs is 1. The van der Waals surface area contributed by atoms with Crippen molar-refractivity contribution in [1.29, 1.82) is 0 Å². The maximum Gasteiger partial charge on any atom is 1.00 e. The molecule has 0 unspecified atom stereocenters. The molecule has 8 heteroatoms. The van der Waals surface area contributed by atoms with E-state index in [0.29, 0.717) is 11.2 Å². The zero-order valence-corrected chi connectivity index (χ0v) is 16.9. The van der Waals surface area contributed by atoms with E-state index in [1.54, 1.807) is 38.2 Å². The number of amides is 2. The van der Waals surface area contributed by atoms with Crippen LogP contribution >= 0.6 is 0 Å². The molecule has 0 saturated heterocycles. The van der Waals surface area contributed by atoms with Crippen LogP contribution in [0.4, 0.5) is 5.69 Å². The number of carboxylic acids is 1. The summed E-state index contributed by atoms with van der Waals surface area (Å²) in [5.74, 6) is -3.60. The SMILES string of the molecule is CC1(C)[C@H](C(=O)[O-])[C@@H]1C(=O)NCC(=O)Nc1cccc2cccnc12.[Na+]. The monoisotopic (exact) mass is 363 g/mol. The van der Waals surface area contributed by atoms with Crippen molar-refractivity contribution in [2.45, 2.75) is 13.8 Å². The number of rotatable bonds is 5. The molecule has 0 aliphatic heterocycles. The van der Waals surface area contributed by atoms with Crippen LogP contribution in [-0.4, -0.2) is 29.3 Å². The fourth-order valence-corrected chi connectivity index (χ4v) is 3.24. The molecule has 2 N–H and O–H groups in total. The number of aromatic nitrogens is 1. The van der Waals surface area contributed by atoms with Gasteiger partial charge in [-0.05, 0) is 17.5 Å². The summed E-state index contributed by atoms with van der Waals surface area (Å²) in [5, 5.41) is 17.1. The van der Waals surface area contributed by atoms with E-state index in [2.05, 4.69) is 15.6 Å². The van der Waals surface area contributed by atoms with Crippen molar-refractivity contribution in [3.63, 3.8) is 0 Å². The number of hydrogen-bond donors (Lipinski definition) is 2. The number of nitrogens with one attached hydrogen (secondary N) is 2. The number of carboxylic acid groups (broad SMARTS) is 1. The summed E-state index contributed by atoms with van der Waals surface area (Å²) >= 11 is 0. The van der Waals surface area contributed by atoms with Gasteiger partial charge in [0.1, 0.15) is 0 Å². The Balaban J connectivity index is 0.00000243. The topological polar surface area (TPSA) is 111 Å². The van der Waals surface area contributed by atoms with Crippen molar-refractivity contribution in [3.05, 3.63) is 36.5 Å². The largest absolute Gasteiger partial charge is 1.00 e. The van der Waals surface area contributed by atoms with Gasteiger partial charge in [0, 0.05) is 23.5 Å². The third-order valence-corrected chi connectivity index (χ3v) is 4.69. The van der Waals surface area contributed by atoms with Gasteiger partial charge in [0.25, 0.3) is 0 Å². The third kappa shape index (κ3) is 3.90. The minimum atomic E-state index is -1.24. The Morgan fingerprint density at radius 1 is 1.15 bits per heavy atom. The summed E-state index contributed by atoms with van der Waals surface area (Å²) in [6.07, 6.45) is 1.63. The first-order valence-corrected chi connectivity index (χ1v) is 7.94. The minimum absolute atomic E-state index is 0. The normalized spacial score (nSPS) is 19.9. The van der Waals surface area contributed by atoms with Crippen LogP contribution < -0.4 is 45.3 Å². The van der Waals surface area contributed by atoms with Crippen molar-refractivity contribution >= 4 is 34.4 Å². The smallest absolute Gasteiger partial charge is 0.550 e. The van der Waals surface area contributed by atoms with Gasteiger partial charge >= 0.3 is 29.6 Å². The van der Waals surface area contributed by atoms with Gasteiger partial charge in [-0.25, -0.2) is 0 Å². The first-order chi connectivity index (χ1) is 11.8. The fourth-order valence-electron chi connectivity index (χ4n) is 3.24. The maximum atomic E-state index is 12.1. The van der Waals surface area contributed by atoms with Crippen LogP contribution in [0, 0.1) is 17.3 Å². The average Bonchev–Trinajstić information content (AvgIpc) is 3.16. The van der Waals surface area contributed by atoms with Crippen molar-refractivity contribution in [3.8, 4) is 0 Å². The molecule has 26 heavy (non-hydrogen) atoms. The van der Waals surface area contributed by atoms with Crippen LogP contribution in [-0.2, 0) is 14.4 Å². The molecule has 0 bridgehead atoms. The van der Waals surface area contributed by atoms with Crippen LogP contribution in [0.25, 0.3) is 10.9 Å². The van der Waals surface area contributed by atoms with Gasteiger partial charge in [-0.2, -0.15) is 0 Å². The molecule has 3 rings (SSSR count). The predicted molar refractivity (Wildman–Crippen MR) is 89.2 cm³/mol. The fraction of sp³-hybridized carbons (Fsp3) is 0.333. The van der Waals surface area contributed by atoms with Gasteiger partial charge in [-0.1, -0.05) is 32.0 Å². The van der Waals surface area contributed by atoms with Crippen molar-refractivity contribution in [2.24, 2.45) is 17.3 Å². The quantitative estimate of drug-likeness (QED) is 0.562. The van der Waals surface area contributed by atoms with Gasteiger partial charge in [-0.3, -0.25) is 14.6 Å². The Hall–Kier alpha value is -1.96. The summed E-state index contributed by atoms with van der Waals surface area (Å²) in [4.78, 5) is 39.5. The van der Waals surface area contributed by atoms with Crippen LogP contribution in [0.15, 0.2) is 36.5 Å². The summed E-state index contributed by atoms with van der Waals surface area (Å²) in [6.45, 7) is 3.15. The number of nitrogens with zero attached hydrogens (tertiary/aromatic N) is 1. The number of pyridine rings is 1. The average molecular weight is 363 g/mol. The molecular weight excluding hydrogens is 345 g/mol. The zero-order chi connectivity index (χ0) is 18.2. The van der Waals surface area contributed by atoms with Crippen LogP contribution in [0.1, 0.15) is 13.8 Å². The molecule has 2 atom stereocenters. The molecule has 1 fully saturated rings. The molecule has 2 aromatic rings. The first-order valence-electron chi connectivity index (χ1n) is 7.94. The Bertz CT molecular complexity index is 863. The second-order valence-corrected chi connectivity index (χ2v) is 6.74. The summed E-state index contributed by atoms with van der Waals surface area (Å²) in [6, 6.07) is 9.10. The molecule has 1 heterocycles. The molecule has 2 amide bonds. The Morgan fingerprint density at radius 2 is 1.85 bits per heavy atom. The van der Waals surface area contributed by atoms with E-state index in [4.69, 9.17) is 0 Å². The molecule has 7 nitrogen and oxygen atoms in total. The van der Waals surface area contributed by atoms with Gasteiger partial charge in [0.15, 0.2) is 0 Å². The number of anilines is 1. The molecule has 130 valence electrons. The van der Waals surface area contributed by atoms with E-state index >= 15 is 0 Å². The van der Waals surface area contributed by atoms with E-state index in [0.717, 1.165) is 5.39 Å². The molecular formula is C18H18N3NaO4.